The number of amides is 1. The molecule has 0 spiro atoms. The number of nitrogens with one attached hydrogen (secondary N) is 2. The first-order valence-electron chi connectivity index (χ1n) is 9.36. The maximum absolute atomic E-state index is 12.6. The van der Waals surface area contributed by atoms with Gasteiger partial charge < -0.3 is 10.1 Å². The van der Waals surface area contributed by atoms with Crippen LogP contribution in [0.3, 0.4) is 0 Å². The molecule has 8 nitrogen and oxygen atoms in total. The number of Topliss-reactive ketones (excluding diaryl/α,β-unsaturated/α-hetero) is 1. The number of ketones is 1. The minimum absolute atomic E-state index is 0.0345. The van der Waals surface area contributed by atoms with E-state index in [1.54, 1.807) is 30.3 Å². The number of hydrogen-bond acceptors (Lipinski definition) is 7. The molecule has 2 aromatic rings. The van der Waals surface area contributed by atoms with Gasteiger partial charge in [-0.1, -0.05) is 18.2 Å². The molecule has 0 aliphatic carbocycles. The zero-order chi connectivity index (χ0) is 22.9. The summed E-state index contributed by atoms with van der Waals surface area (Å²) >= 11 is 1.46. The number of sulfonamides is 1. The second kappa shape index (κ2) is 11.6. The number of esters is 1. The fourth-order valence-electron chi connectivity index (χ4n) is 2.58. The average molecular weight is 465 g/mol. The van der Waals surface area contributed by atoms with Crippen molar-refractivity contribution in [2.75, 3.05) is 23.9 Å². The van der Waals surface area contributed by atoms with E-state index in [9.17, 15) is 22.8 Å². The minimum atomic E-state index is -3.92. The first kappa shape index (κ1) is 24.6. The van der Waals surface area contributed by atoms with Crippen molar-refractivity contribution < 1.29 is 27.5 Å². The molecule has 0 aromatic heterocycles. The van der Waals surface area contributed by atoms with Gasteiger partial charge in [0.05, 0.1) is 4.90 Å². The highest BCUT2D eigenvalue weighted by Crippen LogP contribution is 2.13. The number of carbonyl (C=O) groups is 3. The SMILES string of the molecule is CSCCC(NS(=O)(=O)c1ccccc1)C(=O)OCC(=O)c1ccc(NC(C)=O)cc1. The number of thioether (sulfide) groups is 1. The van der Waals surface area contributed by atoms with Gasteiger partial charge in [0.2, 0.25) is 15.9 Å². The summed E-state index contributed by atoms with van der Waals surface area (Å²) in [6.45, 7) is 0.846. The van der Waals surface area contributed by atoms with Crippen LogP contribution in [0, 0.1) is 0 Å². The minimum Gasteiger partial charge on any atom is -0.456 e. The van der Waals surface area contributed by atoms with Crippen molar-refractivity contribution >= 4 is 45.1 Å². The quantitative estimate of drug-likeness (QED) is 0.387. The highest BCUT2D eigenvalue weighted by atomic mass is 32.2. The first-order chi connectivity index (χ1) is 14.7. The van der Waals surface area contributed by atoms with Gasteiger partial charge in [-0.3, -0.25) is 14.4 Å². The van der Waals surface area contributed by atoms with E-state index in [1.807, 2.05) is 6.26 Å². The summed E-state index contributed by atoms with van der Waals surface area (Å²) in [4.78, 5) is 35.9. The zero-order valence-corrected chi connectivity index (χ0v) is 18.8. The van der Waals surface area contributed by atoms with E-state index in [1.165, 1.54) is 43.0 Å². The number of carbonyl (C=O) groups excluding carboxylic acids is 3. The molecule has 1 amide bonds. The first-order valence-corrected chi connectivity index (χ1v) is 12.2. The van der Waals surface area contributed by atoms with Gasteiger partial charge in [0.25, 0.3) is 0 Å². The van der Waals surface area contributed by atoms with Gasteiger partial charge in [-0.25, -0.2) is 8.42 Å². The van der Waals surface area contributed by atoms with Gasteiger partial charge >= 0.3 is 5.97 Å². The second-order valence-electron chi connectivity index (χ2n) is 6.56. The van der Waals surface area contributed by atoms with E-state index in [2.05, 4.69) is 10.0 Å². The summed E-state index contributed by atoms with van der Waals surface area (Å²) in [6, 6.07) is 12.7. The van der Waals surface area contributed by atoms with Crippen LogP contribution in [0.4, 0.5) is 5.69 Å². The molecular formula is C21H24N2O6S2. The predicted molar refractivity (Wildman–Crippen MR) is 120 cm³/mol. The van der Waals surface area contributed by atoms with Crippen LogP contribution in [-0.4, -0.2) is 50.7 Å². The summed E-state index contributed by atoms with van der Waals surface area (Å²) < 4.78 is 32.6. The lowest BCUT2D eigenvalue weighted by atomic mass is 10.1. The van der Waals surface area contributed by atoms with Crippen LogP contribution >= 0.6 is 11.8 Å². The molecule has 1 unspecified atom stereocenters. The number of ether oxygens (including phenoxy) is 1. The zero-order valence-electron chi connectivity index (χ0n) is 17.2. The molecule has 0 aliphatic heterocycles. The molecule has 166 valence electrons. The van der Waals surface area contributed by atoms with Gasteiger partial charge in [0.15, 0.2) is 12.4 Å². The Labute approximate surface area is 185 Å². The van der Waals surface area contributed by atoms with E-state index in [0.717, 1.165) is 0 Å². The van der Waals surface area contributed by atoms with Gasteiger partial charge in [-0.05, 0) is 54.8 Å². The summed E-state index contributed by atoms with van der Waals surface area (Å²) in [7, 11) is -3.92. The van der Waals surface area contributed by atoms with Crippen molar-refractivity contribution in [2.24, 2.45) is 0 Å². The molecule has 1 atom stereocenters. The fourth-order valence-corrected chi connectivity index (χ4v) is 4.29. The number of benzene rings is 2. The Hall–Kier alpha value is -2.69. The van der Waals surface area contributed by atoms with Crippen LogP contribution in [0.25, 0.3) is 0 Å². The van der Waals surface area contributed by atoms with Crippen molar-refractivity contribution in [3.8, 4) is 0 Å². The van der Waals surface area contributed by atoms with E-state index in [0.29, 0.717) is 17.0 Å². The van der Waals surface area contributed by atoms with E-state index in [4.69, 9.17) is 4.74 Å². The van der Waals surface area contributed by atoms with Crippen LogP contribution in [0.5, 0.6) is 0 Å². The summed E-state index contributed by atoms with van der Waals surface area (Å²) in [5.41, 5.74) is 0.834. The lowest BCUT2D eigenvalue weighted by Gasteiger charge is -2.17. The Bertz CT molecular complexity index is 1010. The fraction of sp³-hybridized carbons (Fsp3) is 0.286. The molecule has 0 aliphatic rings. The lowest BCUT2D eigenvalue weighted by Crippen LogP contribution is -2.42. The second-order valence-corrected chi connectivity index (χ2v) is 9.26. The molecule has 2 N–H and O–H groups in total. The van der Waals surface area contributed by atoms with Crippen LogP contribution in [0.15, 0.2) is 59.5 Å². The molecule has 2 aromatic carbocycles. The normalized spacial score (nSPS) is 12.1. The van der Waals surface area contributed by atoms with Crippen LogP contribution in [-0.2, 0) is 24.3 Å². The molecule has 2 rings (SSSR count). The van der Waals surface area contributed by atoms with E-state index in [-0.39, 0.29) is 17.2 Å². The van der Waals surface area contributed by atoms with Crippen molar-refractivity contribution in [3.05, 3.63) is 60.2 Å². The molecule has 10 heteroatoms. The van der Waals surface area contributed by atoms with Crippen molar-refractivity contribution in [3.63, 3.8) is 0 Å². The molecule has 0 saturated carbocycles. The number of anilines is 1. The van der Waals surface area contributed by atoms with Crippen molar-refractivity contribution in [1.82, 2.24) is 4.72 Å². The molecular weight excluding hydrogens is 440 g/mol. The summed E-state index contributed by atoms with van der Waals surface area (Å²) in [5.74, 6) is -0.980. The van der Waals surface area contributed by atoms with E-state index >= 15 is 0 Å². The molecule has 0 bridgehead atoms. The molecule has 0 fully saturated rings. The average Bonchev–Trinajstić information content (AvgIpc) is 2.75. The van der Waals surface area contributed by atoms with Gasteiger partial charge in [-0.15, -0.1) is 0 Å². The highest BCUT2D eigenvalue weighted by Gasteiger charge is 2.27. The smallest absolute Gasteiger partial charge is 0.324 e. The Morgan fingerprint density at radius 3 is 2.26 bits per heavy atom. The Balaban J connectivity index is 2.01. The third-order valence-corrected chi connectivity index (χ3v) is 6.25. The Kier molecular flexibility index (Phi) is 9.22. The standard InChI is InChI=1S/C21H24N2O6S2/c1-15(24)22-17-10-8-16(9-11-17)20(25)14-29-21(26)19(12-13-30-2)23-31(27,28)18-6-4-3-5-7-18/h3-11,19,23H,12-14H2,1-2H3,(H,22,24). The van der Waals surface area contributed by atoms with Gasteiger partial charge in [0, 0.05) is 18.2 Å². The predicted octanol–water partition coefficient (Wildman–Crippen LogP) is 2.47. The van der Waals surface area contributed by atoms with Crippen molar-refractivity contribution in [2.45, 2.75) is 24.3 Å². The van der Waals surface area contributed by atoms with Crippen molar-refractivity contribution in [1.29, 1.82) is 0 Å². The monoisotopic (exact) mass is 464 g/mol. The Morgan fingerprint density at radius 1 is 1.03 bits per heavy atom. The van der Waals surface area contributed by atoms with Crippen LogP contribution in [0.1, 0.15) is 23.7 Å². The highest BCUT2D eigenvalue weighted by molar-refractivity contribution is 7.98. The number of rotatable bonds is 11. The van der Waals surface area contributed by atoms with Gasteiger partial charge in [0.1, 0.15) is 6.04 Å². The third kappa shape index (κ3) is 7.82. The third-order valence-electron chi connectivity index (χ3n) is 4.12. The Morgan fingerprint density at radius 2 is 1.68 bits per heavy atom. The largest absolute Gasteiger partial charge is 0.456 e. The maximum Gasteiger partial charge on any atom is 0.324 e. The molecule has 31 heavy (non-hydrogen) atoms. The van der Waals surface area contributed by atoms with Crippen LogP contribution in [0.2, 0.25) is 0 Å². The summed E-state index contributed by atoms with van der Waals surface area (Å²) in [6.07, 6.45) is 2.05. The topological polar surface area (TPSA) is 119 Å². The lowest BCUT2D eigenvalue weighted by molar-refractivity contribution is -0.144. The molecule has 0 radical (unpaired) electrons. The molecule has 0 saturated heterocycles. The van der Waals surface area contributed by atoms with Gasteiger partial charge in [-0.2, -0.15) is 16.5 Å². The maximum atomic E-state index is 12.6. The van der Waals surface area contributed by atoms with Crippen LogP contribution < -0.4 is 10.0 Å². The van der Waals surface area contributed by atoms with E-state index < -0.39 is 34.4 Å². The summed E-state index contributed by atoms with van der Waals surface area (Å²) in [5, 5.41) is 2.59. The molecule has 0 heterocycles. The number of hydrogen-bond donors (Lipinski definition) is 2.